The van der Waals surface area contributed by atoms with Gasteiger partial charge >= 0.3 is 12.0 Å². The molecule has 6 heteroatoms. The average molecular weight is 307 g/mol. The standard InChI is InChI=1S/C15H15ClN2O3/c1-3-8-18-13(10-6-4-5-7-11(10)16)12(14(19)20)9(2)17-15(18)21/h3-7,13H,1,8H2,2H3,(H,17,21)(H,19,20). The number of allylic oxidation sites excluding steroid dienone is 1. The molecule has 0 radical (unpaired) electrons. The topological polar surface area (TPSA) is 69.6 Å². The number of hydrogen-bond acceptors (Lipinski definition) is 2. The second-order valence-corrected chi connectivity index (χ2v) is 5.05. The van der Waals surface area contributed by atoms with E-state index in [1.807, 2.05) is 0 Å². The molecular formula is C15H15ClN2O3. The predicted molar refractivity (Wildman–Crippen MR) is 80.0 cm³/mol. The lowest BCUT2D eigenvalue weighted by Gasteiger charge is -2.37. The highest BCUT2D eigenvalue weighted by molar-refractivity contribution is 6.31. The molecule has 1 heterocycles. The van der Waals surface area contributed by atoms with Crippen molar-refractivity contribution in [2.24, 2.45) is 0 Å². The summed E-state index contributed by atoms with van der Waals surface area (Å²) in [6.45, 7) is 5.39. The Kier molecular flexibility index (Phi) is 4.33. The molecule has 0 aliphatic carbocycles. The SMILES string of the molecule is C=CCN1C(=O)NC(C)=C(C(=O)O)C1c1ccccc1Cl. The van der Waals surface area contributed by atoms with Crippen molar-refractivity contribution in [3.05, 3.63) is 58.8 Å². The van der Waals surface area contributed by atoms with Gasteiger partial charge in [0.25, 0.3) is 0 Å². The summed E-state index contributed by atoms with van der Waals surface area (Å²) in [5.41, 5.74) is 0.995. The molecule has 2 rings (SSSR count). The molecule has 0 bridgehead atoms. The Morgan fingerprint density at radius 1 is 1.52 bits per heavy atom. The number of amides is 2. The molecule has 1 aliphatic heterocycles. The van der Waals surface area contributed by atoms with Crippen molar-refractivity contribution in [1.29, 1.82) is 0 Å². The molecule has 1 aromatic rings. The number of aliphatic carboxylic acids is 1. The van der Waals surface area contributed by atoms with Gasteiger partial charge in [-0.05, 0) is 18.6 Å². The highest BCUT2D eigenvalue weighted by atomic mass is 35.5. The van der Waals surface area contributed by atoms with E-state index in [1.165, 1.54) is 4.90 Å². The largest absolute Gasteiger partial charge is 0.478 e. The zero-order chi connectivity index (χ0) is 15.6. The third-order valence-corrected chi connectivity index (χ3v) is 3.64. The first-order chi connectivity index (χ1) is 9.97. The summed E-state index contributed by atoms with van der Waals surface area (Å²) in [4.78, 5) is 25.2. The number of carbonyl (C=O) groups excluding carboxylic acids is 1. The quantitative estimate of drug-likeness (QED) is 0.840. The number of carboxylic acid groups (broad SMARTS) is 1. The third-order valence-electron chi connectivity index (χ3n) is 3.30. The number of hydrogen-bond donors (Lipinski definition) is 2. The first kappa shape index (κ1) is 15.1. The molecule has 0 aromatic heterocycles. The van der Waals surface area contributed by atoms with E-state index in [0.717, 1.165) is 0 Å². The number of nitrogens with zero attached hydrogens (tertiary/aromatic N) is 1. The van der Waals surface area contributed by atoms with Crippen LogP contribution in [0.4, 0.5) is 4.79 Å². The minimum absolute atomic E-state index is 0.101. The van der Waals surface area contributed by atoms with Gasteiger partial charge in [0.2, 0.25) is 0 Å². The number of halogens is 1. The van der Waals surface area contributed by atoms with E-state index in [2.05, 4.69) is 11.9 Å². The number of rotatable bonds is 4. The van der Waals surface area contributed by atoms with Crippen molar-refractivity contribution in [3.8, 4) is 0 Å². The molecular weight excluding hydrogens is 292 g/mol. The van der Waals surface area contributed by atoms with Crippen LogP contribution in [-0.4, -0.2) is 28.6 Å². The predicted octanol–water partition coefficient (Wildman–Crippen LogP) is 2.95. The molecule has 21 heavy (non-hydrogen) atoms. The summed E-state index contributed by atoms with van der Waals surface area (Å²) < 4.78 is 0. The van der Waals surface area contributed by atoms with E-state index >= 15 is 0 Å². The van der Waals surface area contributed by atoms with Crippen LogP contribution >= 0.6 is 11.6 Å². The van der Waals surface area contributed by atoms with Gasteiger partial charge in [0.05, 0.1) is 11.6 Å². The first-order valence-corrected chi connectivity index (χ1v) is 6.72. The number of nitrogens with one attached hydrogen (secondary N) is 1. The lowest BCUT2D eigenvalue weighted by atomic mass is 9.94. The van der Waals surface area contributed by atoms with Crippen LogP contribution in [0.3, 0.4) is 0 Å². The van der Waals surface area contributed by atoms with Crippen molar-refractivity contribution in [1.82, 2.24) is 10.2 Å². The van der Waals surface area contributed by atoms with Gasteiger partial charge in [-0.1, -0.05) is 35.9 Å². The minimum Gasteiger partial charge on any atom is -0.478 e. The fraction of sp³-hybridized carbons (Fsp3) is 0.200. The minimum atomic E-state index is -1.09. The Balaban J connectivity index is 2.65. The van der Waals surface area contributed by atoms with Gasteiger partial charge in [-0.15, -0.1) is 6.58 Å². The van der Waals surface area contributed by atoms with E-state index in [1.54, 1.807) is 37.3 Å². The molecule has 1 unspecified atom stereocenters. The van der Waals surface area contributed by atoms with Gasteiger partial charge in [0.1, 0.15) is 0 Å². The monoisotopic (exact) mass is 306 g/mol. The number of urea groups is 1. The summed E-state index contributed by atoms with van der Waals surface area (Å²) in [7, 11) is 0. The molecule has 1 atom stereocenters. The molecule has 0 fully saturated rings. The Morgan fingerprint density at radius 3 is 2.76 bits per heavy atom. The van der Waals surface area contributed by atoms with Crippen LogP contribution in [-0.2, 0) is 4.79 Å². The lowest BCUT2D eigenvalue weighted by Crippen LogP contribution is -2.48. The van der Waals surface area contributed by atoms with Crippen LogP contribution in [0.1, 0.15) is 18.5 Å². The van der Waals surface area contributed by atoms with E-state index in [4.69, 9.17) is 11.6 Å². The Bertz CT molecular complexity index is 640. The Hall–Kier alpha value is -2.27. The second-order valence-electron chi connectivity index (χ2n) is 4.64. The van der Waals surface area contributed by atoms with E-state index in [9.17, 15) is 14.7 Å². The van der Waals surface area contributed by atoms with E-state index in [0.29, 0.717) is 16.3 Å². The van der Waals surface area contributed by atoms with Gasteiger partial charge in [0, 0.05) is 17.3 Å². The maximum absolute atomic E-state index is 12.2. The summed E-state index contributed by atoms with van der Waals surface area (Å²) >= 11 is 6.19. The molecule has 110 valence electrons. The van der Waals surface area contributed by atoms with Crippen LogP contribution < -0.4 is 5.32 Å². The van der Waals surface area contributed by atoms with Gasteiger partial charge in [-0.3, -0.25) is 0 Å². The molecule has 0 saturated carbocycles. The maximum atomic E-state index is 12.2. The van der Waals surface area contributed by atoms with E-state index in [-0.39, 0.29) is 18.1 Å². The van der Waals surface area contributed by atoms with Crippen molar-refractivity contribution in [2.75, 3.05) is 6.54 Å². The van der Waals surface area contributed by atoms with Crippen molar-refractivity contribution in [2.45, 2.75) is 13.0 Å². The fourth-order valence-corrected chi connectivity index (χ4v) is 2.64. The van der Waals surface area contributed by atoms with Crippen molar-refractivity contribution < 1.29 is 14.7 Å². The molecule has 1 aromatic carbocycles. The molecule has 2 N–H and O–H groups in total. The molecule has 5 nitrogen and oxygen atoms in total. The van der Waals surface area contributed by atoms with Crippen LogP contribution in [0, 0.1) is 0 Å². The van der Waals surface area contributed by atoms with Crippen molar-refractivity contribution in [3.63, 3.8) is 0 Å². The summed E-state index contributed by atoms with van der Waals surface area (Å²) in [6, 6.07) is 5.78. The maximum Gasteiger partial charge on any atom is 0.335 e. The summed E-state index contributed by atoms with van der Waals surface area (Å²) in [5.74, 6) is -1.09. The summed E-state index contributed by atoms with van der Waals surface area (Å²) in [6.07, 6.45) is 1.55. The van der Waals surface area contributed by atoms with Crippen LogP contribution in [0.15, 0.2) is 48.2 Å². The fourth-order valence-electron chi connectivity index (χ4n) is 2.40. The van der Waals surface area contributed by atoms with E-state index < -0.39 is 12.0 Å². The Morgan fingerprint density at radius 2 is 2.19 bits per heavy atom. The smallest absolute Gasteiger partial charge is 0.335 e. The normalized spacial score (nSPS) is 18.5. The summed E-state index contributed by atoms with van der Waals surface area (Å²) in [5, 5.41) is 12.5. The number of benzene rings is 1. The molecule has 0 saturated heterocycles. The van der Waals surface area contributed by atoms with Gasteiger partial charge < -0.3 is 15.3 Å². The molecule has 2 amide bonds. The molecule has 0 spiro atoms. The van der Waals surface area contributed by atoms with Crippen LogP contribution in [0.25, 0.3) is 0 Å². The second kappa shape index (κ2) is 6.01. The third kappa shape index (κ3) is 2.78. The van der Waals surface area contributed by atoms with Crippen molar-refractivity contribution >= 4 is 23.6 Å². The van der Waals surface area contributed by atoms with Gasteiger partial charge in [-0.25, -0.2) is 9.59 Å². The molecule has 1 aliphatic rings. The zero-order valence-corrected chi connectivity index (χ0v) is 12.2. The Labute approximate surface area is 127 Å². The van der Waals surface area contributed by atoms with Gasteiger partial charge in [0.15, 0.2) is 0 Å². The highest BCUT2D eigenvalue weighted by Gasteiger charge is 2.37. The van der Waals surface area contributed by atoms with Crippen LogP contribution in [0.2, 0.25) is 5.02 Å². The van der Waals surface area contributed by atoms with Crippen LogP contribution in [0.5, 0.6) is 0 Å². The average Bonchev–Trinajstić information content (AvgIpc) is 2.41. The first-order valence-electron chi connectivity index (χ1n) is 6.34. The van der Waals surface area contributed by atoms with Gasteiger partial charge in [-0.2, -0.15) is 0 Å². The number of carbonyl (C=O) groups is 2. The number of carboxylic acids is 1. The zero-order valence-electron chi connectivity index (χ0n) is 11.5. The lowest BCUT2D eigenvalue weighted by molar-refractivity contribution is -0.133. The highest BCUT2D eigenvalue weighted by Crippen LogP contribution is 2.36.